The summed E-state index contributed by atoms with van der Waals surface area (Å²) in [6.45, 7) is 4.15. The van der Waals surface area contributed by atoms with Gasteiger partial charge in [-0.05, 0) is 43.7 Å². The average molecular weight is 327 g/mol. The highest BCUT2D eigenvalue weighted by atomic mass is 16.5. The Morgan fingerprint density at radius 1 is 1.21 bits per heavy atom. The van der Waals surface area contributed by atoms with Crippen molar-refractivity contribution in [3.63, 3.8) is 0 Å². The van der Waals surface area contributed by atoms with Crippen molar-refractivity contribution in [2.24, 2.45) is 0 Å². The van der Waals surface area contributed by atoms with Gasteiger partial charge in [-0.25, -0.2) is 4.79 Å². The number of esters is 1. The van der Waals surface area contributed by atoms with Crippen LogP contribution in [-0.2, 0) is 4.74 Å². The fourth-order valence-electron chi connectivity index (χ4n) is 2.07. The molecule has 0 radical (unpaired) electrons. The van der Waals surface area contributed by atoms with Crippen molar-refractivity contribution in [3.05, 3.63) is 53.9 Å². The van der Waals surface area contributed by atoms with Crippen LogP contribution in [0.3, 0.4) is 0 Å². The number of nitrogens with zero attached hydrogens (tertiary/aromatic N) is 1. The zero-order valence-corrected chi connectivity index (χ0v) is 14.0. The molecule has 1 heterocycles. The molecule has 6 heteroatoms. The lowest BCUT2D eigenvalue weighted by molar-refractivity contribution is 0.0600. The minimum absolute atomic E-state index is 0.298. The fourth-order valence-corrected chi connectivity index (χ4v) is 2.07. The second-order valence-corrected chi connectivity index (χ2v) is 5.41. The Balaban J connectivity index is 2.12. The van der Waals surface area contributed by atoms with Crippen molar-refractivity contribution < 1.29 is 14.3 Å². The van der Waals surface area contributed by atoms with Crippen LogP contribution in [0.1, 0.15) is 41.1 Å². The number of hydrogen-bond donors (Lipinski definition) is 2. The van der Waals surface area contributed by atoms with E-state index >= 15 is 0 Å². The highest BCUT2D eigenvalue weighted by molar-refractivity contribution is 6.04. The Bertz CT molecular complexity index is 731. The number of carbonyl (C=O) groups excluding carboxylic acids is 2. The Kier molecular flexibility index (Phi) is 5.89. The van der Waals surface area contributed by atoms with Gasteiger partial charge in [-0.15, -0.1) is 0 Å². The van der Waals surface area contributed by atoms with Crippen LogP contribution in [0.5, 0.6) is 0 Å². The Morgan fingerprint density at radius 3 is 2.71 bits per heavy atom. The molecule has 1 amide bonds. The number of hydrogen-bond acceptors (Lipinski definition) is 5. The summed E-state index contributed by atoms with van der Waals surface area (Å²) in [6, 6.07) is 10.4. The third kappa shape index (κ3) is 4.55. The van der Waals surface area contributed by atoms with Crippen molar-refractivity contribution in [2.45, 2.75) is 26.3 Å². The largest absolute Gasteiger partial charge is 0.465 e. The minimum Gasteiger partial charge on any atom is -0.465 e. The molecular weight excluding hydrogens is 306 g/mol. The fraction of sp³-hybridized carbons (Fsp3) is 0.278. The third-order valence-electron chi connectivity index (χ3n) is 3.56. The second kappa shape index (κ2) is 8.10. The van der Waals surface area contributed by atoms with E-state index in [2.05, 4.69) is 34.2 Å². The summed E-state index contributed by atoms with van der Waals surface area (Å²) < 4.78 is 4.67. The van der Waals surface area contributed by atoms with E-state index in [4.69, 9.17) is 0 Å². The summed E-state index contributed by atoms with van der Waals surface area (Å²) in [5.74, 6) is -0.797. The molecule has 0 spiro atoms. The van der Waals surface area contributed by atoms with Crippen LogP contribution >= 0.6 is 0 Å². The molecule has 0 saturated heterocycles. The standard InChI is InChI=1S/C18H21N3O3/c1-4-12(2)20-15-8-9-19-16(11-15)17(22)21-14-7-5-6-13(10-14)18(23)24-3/h5-12H,4H2,1-3H3,(H,19,20)(H,21,22). The zero-order chi connectivity index (χ0) is 17.5. The summed E-state index contributed by atoms with van der Waals surface area (Å²) in [5, 5.41) is 6.04. The third-order valence-corrected chi connectivity index (χ3v) is 3.56. The normalized spacial score (nSPS) is 11.5. The Hall–Kier alpha value is -2.89. The molecule has 6 nitrogen and oxygen atoms in total. The monoisotopic (exact) mass is 327 g/mol. The van der Waals surface area contributed by atoms with Crippen molar-refractivity contribution in [1.82, 2.24) is 4.98 Å². The van der Waals surface area contributed by atoms with E-state index in [1.807, 2.05) is 6.07 Å². The van der Waals surface area contributed by atoms with Gasteiger partial charge in [-0.3, -0.25) is 9.78 Å². The molecule has 2 rings (SSSR count). The van der Waals surface area contributed by atoms with Gasteiger partial charge in [0.05, 0.1) is 12.7 Å². The van der Waals surface area contributed by atoms with Gasteiger partial charge in [0.2, 0.25) is 0 Å². The molecule has 1 aromatic heterocycles. The first kappa shape index (κ1) is 17.5. The maximum Gasteiger partial charge on any atom is 0.337 e. The molecule has 0 aliphatic carbocycles. The van der Waals surface area contributed by atoms with E-state index in [0.29, 0.717) is 23.0 Å². The van der Waals surface area contributed by atoms with E-state index in [1.165, 1.54) is 7.11 Å². The molecular formula is C18H21N3O3. The molecule has 2 N–H and O–H groups in total. The first-order valence-electron chi connectivity index (χ1n) is 7.75. The van der Waals surface area contributed by atoms with Crippen molar-refractivity contribution in [1.29, 1.82) is 0 Å². The molecule has 0 aliphatic heterocycles. The lowest BCUT2D eigenvalue weighted by Gasteiger charge is -2.13. The van der Waals surface area contributed by atoms with Crippen molar-refractivity contribution in [3.8, 4) is 0 Å². The first-order chi connectivity index (χ1) is 11.5. The highest BCUT2D eigenvalue weighted by Crippen LogP contribution is 2.15. The number of benzene rings is 1. The van der Waals surface area contributed by atoms with E-state index in [9.17, 15) is 9.59 Å². The number of rotatable bonds is 6. The van der Waals surface area contributed by atoms with Gasteiger partial charge in [-0.1, -0.05) is 13.0 Å². The van der Waals surface area contributed by atoms with Crippen LogP contribution in [0, 0.1) is 0 Å². The number of carbonyl (C=O) groups is 2. The number of pyridine rings is 1. The molecule has 24 heavy (non-hydrogen) atoms. The van der Waals surface area contributed by atoms with Gasteiger partial charge in [0.15, 0.2) is 0 Å². The topological polar surface area (TPSA) is 80.3 Å². The SMILES string of the molecule is CCC(C)Nc1ccnc(C(=O)Nc2cccc(C(=O)OC)c2)c1. The summed E-state index contributed by atoms with van der Waals surface area (Å²) in [5.41, 5.74) is 2.01. The van der Waals surface area contributed by atoms with Crippen molar-refractivity contribution >= 4 is 23.3 Å². The predicted octanol–water partition coefficient (Wildman–Crippen LogP) is 3.33. The smallest absolute Gasteiger partial charge is 0.337 e. The first-order valence-corrected chi connectivity index (χ1v) is 7.75. The number of nitrogens with one attached hydrogen (secondary N) is 2. The summed E-state index contributed by atoms with van der Waals surface area (Å²) in [6.07, 6.45) is 2.56. The van der Waals surface area contributed by atoms with Crippen LogP contribution in [-0.4, -0.2) is 30.0 Å². The molecule has 126 valence electrons. The Labute approximate surface area is 141 Å². The van der Waals surface area contributed by atoms with E-state index in [0.717, 1.165) is 12.1 Å². The molecule has 0 fully saturated rings. The molecule has 0 bridgehead atoms. The molecule has 2 aromatic rings. The van der Waals surface area contributed by atoms with Gasteiger partial charge in [0, 0.05) is 23.6 Å². The van der Waals surface area contributed by atoms with Crippen LogP contribution in [0.4, 0.5) is 11.4 Å². The Morgan fingerprint density at radius 2 is 2.00 bits per heavy atom. The van der Waals surface area contributed by atoms with Gasteiger partial charge in [0.1, 0.15) is 5.69 Å². The van der Waals surface area contributed by atoms with Crippen molar-refractivity contribution in [2.75, 3.05) is 17.7 Å². The molecule has 0 aliphatic rings. The van der Waals surface area contributed by atoms with E-state index in [-0.39, 0.29) is 5.91 Å². The van der Waals surface area contributed by atoms with E-state index in [1.54, 1.807) is 36.5 Å². The molecule has 1 unspecified atom stereocenters. The quantitative estimate of drug-likeness (QED) is 0.796. The number of ether oxygens (including phenoxy) is 1. The molecule has 0 saturated carbocycles. The maximum atomic E-state index is 12.4. The van der Waals surface area contributed by atoms with Gasteiger partial charge in [-0.2, -0.15) is 0 Å². The van der Waals surface area contributed by atoms with Gasteiger partial charge in [0.25, 0.3) is 5.91 Å². The minimum atomic E-state index is -0.455. The number of aromatic nitrogens is 1. The highest BCUT2D eigenvalue weighted by Gasteiger charge is 2.11. The van der Waals surface area contributed by atoms with Crippen LogP contribution < -0.4 is 10.6 Å². The maximum absolute atomic E-state index is 12.4. The second-order valence-electron chi connectivity index (χ2n) is 5.41. The van der Waals surface area contributed by atoms with E-state index < -0.39 is 5.97 Å². The molecule has 1 aromatic carbocycles. The average Bonchev–Trinajstić information content (AvgIpc) is 2.61. The van der Waals surface area contributed by atoms with Crippen LogP contribution in [0.15, 0.2) is 42.6 Å². The summed E-state index contributed by atoms with van der Waals surface area (Å²) in [4.78, 5) is 28.0. The summed E-state index contributed by atoms with van der Waals surface area (Å²) >= 11 is 0. The number of methoxy groups -OCH3 is 1. The zero-order valence-electron chi connectivity index (χ0n) is 14.0. The summed E-state index contributed by atoms with van der Waals surface area (Å²) in [7, 11) is 1.31. The number of amides is 1. The lowest BCUT2D eigenvalue weighted by atomic mass is 10.2. The van der Waals surface area contributed by atoms with Gasteiger partial charge >= 0.3 is 5.97 Å². The number of anilines is 2. The predicted molar refractivity (Wildman–Crippen MR) is 93.3 cm³/mol. The molecule has 1 atom stereocenters. The lowest BCUT2D eigenvalue weighted by Crippen LogP contribution is -2.17. The van der Waals surface area contributed by atoms with Gasteiger partial charge < -0.3 is 15.4 Å². The van der Waals surface area contributed by atoms with Crippen LogP contribution in [0.25, 0.3) is 0 Å². The van der Waals surface area contributed by atoms with Crippen LogP contribution in [0.2, 0.25) is 0 Å².